The van der Waals surface area contributed by atoms with Gasteiger partial charge in [-0.05, 0) is 56.9 Å². The largest absolute Gasteiger partial charge is 0.228 e. The molecule has 2 heterocycles. The standard InChI is InChI=1S/C51H33N5/c1-4-16-34(17-5-1)46-33-47(53-51(52-46)45-32-39-22-10-11-27-42(39)43-28-12-13-29-44(43)45)40-25-14-23-37(30-40)38-24-15-26-41(31-38)50-55-48(35-18-6-2-7-19-35)54-49(56-50)36-20-8-3-9-21-36/h1-33H. The monoisotopic (exact) mass is 715 g/mol. The van der Waals surface area contributed by atoms with Gasteiger partial charge >= 0.3 is 0 Å². The molecule has 5 nitrogen and oxygen atoms in total. The maximum atomic E-state index is 5.30. The Hall–Kier alpha value is -7.63. The molecule has 2 aromatic heterocycles. The second kappa shape index (κ2) is 14.3. The van der Waals surface area contributed by atoms with E-state index in [0.29, 0.717) is 23.3 Å². The predicted molar refractivity (Wildman–Crippen MR) is 228 cm³/mol. The first-order chi connectivity index (χ1) is 27.7. The van der Waals surface area contributed by atoms with Gasteiger partial charge in [-0.15, -0.1) is 0 Å². The Morgan fingerprint density at radius 3 is 1.29 bits per heavy atom. The van der Waals surface area contributed by atoms with E-state index < -0.39 is 0 Å². The zero-order chi connectivity index (χ0) is 37.3. The third-order valence-corrected chi connectivity index (χ3v) is 10.1. The lowest BCUT2D eigenvalue weighted by atomic mass is 9.96. The molecule has 0 saturated carbocycles. The normalized spacial score (nSPS) is 11.2. The van der Waals surface area contributed by atoms with Gasteiger partial charge in [0.05, 0.1) is 11.4 Å². The molecule has 8 aromatic carbocycles. The molecule has 56 heavy (non-hydrogen) atoms. The first-order valence-corrected chi connectivity index (χ1v) is 18.7. The summed E-state index contributed by atoms with van der Waals surface area (Å²) in [6.07, 6.45) is 0. The molecule has 0 aliphatic rings. The Kier molecular flexibility index (Phi) is 8.43. The van der Waals surface area contributed by atoms with Gasteiger partial charge in [0.25, 0.3) is 0 Å². The highest BCUT2D eigenvalue weighted by molar-refractivity contribution is 6.13. The molecule has 0 unspecified atom stereocenters. The lowest BCUT2D eigenvalue weighted by molar-refractivity contribution is 1.07. The molecule has 10 rings (SSSR count). The Morgan fingerprint density at radius 1 is 0.232 bits per heavy atom. The van der Waals surface area contributed by atoms with Crippen molar-refractivity contribution in [2.75, 3.05) is 0 Å². The number of hydrogen-bond acceptors (Lipinski definition) is 5. The Morgan fingerprint density at radius 2 is 0.661 bits per heavy atom. The fourth-order valence-electron chi connectivity index (χ4n) is 7.35. The molecular weight excluding hydrogens is 683 g/mol. The maximum Gasteiger partial charge on any atom is 0.164 e. The molecular formula is C51H33N5. The molecule has 0 radical (unpaired) electrons. The van der Waals surface area contributed by atoms with Crippen molar-refractivity contribution in [2.24, 2.45) is 0 Å². The molecule has 262 valence electrons. The Bertz CT molecular complexity index is 2960. The van der Waals surface area contributed by atoms with Crippen LogP contribution in [0.5, 0.6) is 0 Å². The second-order valence-electron chi connectivity index (χ2n) is 13.7. The highest BCUT2D eigenvalue weighted by atomic mass is 15.0. The molecule has 0 atom stereocenters. The summed E-state index contributed by atoms with van der Waals surface area (Å²) in [5, 5.41) is 4.68. The zero-order valence-corrected chi connectivity index (χ0v) is 30.3. The van der Waals surface area contributed by atoms with Crippen molar-refractivity contribution in [2.45, 2.75) is 0 Å². The van der Waals surface area contributed by atoms with Gasteiger partial charge in [0.1, 0.15) is 0 Å². The molecule has 0 saturated heterocycles. The van der Waals surface area contributed by atoms with Crippen molar-refractivity contribution in [1.29, 1.82) is 0 Å². The summed E-state index contributed by atoms with van der Waals surface area (Å²) in [6.45, 7) is 0. The fraction of sp³-hybridized carbons (Fsp3) is 0. The maximum absolute atomic E-state index is 5.30. The van der Waals surface area contributed by atoms with Gasteiger partial charge in [0, 0.05) is 33.4 Å². The van der Waals surface area contributed by atoms with Crippen LogP contribution in [0.3, 0.4) is 0 Å². The van der Waals surface area contributed by atoms with Crippen LogP contribution < -0.4 is 0 Å². The van der Waals surface area contributed by atoms with Crippen LogP contribution in [-0.2, 0) is 0 Å². The lowest BCUT2D eigenvalue weighted by Crippen LogP contribution is -2.00. The third-order valence-electron chi connectivity index (χ3n) is 10.1. The van der Waals surface area contributed by atoms with E-state index >= 15 is 0 Å². The molecule has 0 N–H and O–H groups in total. The van der Waals surface area contributed by atoms with Gasteiger partial charge in [-0.25, -0.2) is 24.9 Å². The van der Waals surface area contributed by atoms with Crippen LogP contribution in [0.2, 0.25) is 0 Å². The first kappa shape index (κ1) is 33.0. The number of hydrogen-bond donors (Lipinski definition) is 0. The minimum Gasteiger partial charge on any atom is -0.228 e. The van der Waals surface area contributed by atoms with Gasteiger partial charge in [0.2, 0.25) is 0 Å². The molecule has 0 aliphatic heterocycles. The smallest absolute Gasteiger partial charge is 0.164 e. The summed E-state index contributed by atoms with van der Waals surface area (Å²) < 4.78 is 0. The zero-order valence-electron chi connectivity index (χ0n) is 30.3. The highest BCUT2D eigenvalue weighted by Gasteiger charge is 2.16. The Labute approximate surface area is 324 Å². The van der Waals surface area contributed by atoms with Crippen LogP contribution in [0.1, 0.15) is 0 Å². The van der Waals surface area contributed by atoms with Crippen molar-refractivity contribution >= 4 is 21.5 Å². The van der Waals surface area contributed by atoms with Crippen LogP contribution in [0, 0.1) is 0 Å². The van der Waals surface area contributed by atoms with Crippen molar-refractivity contribution < 1.29 is 0 Å². The third kappa shape index (κ3) is 6.37. The first-order valence-electron chi connectivity index (χ1n) is 18.7. The second-order valence-corrected chi connectivity index (χ2v) is 13.7. The average molecular weight is 716 g/mol. The lowest BCUT2D eigenvalue weighted by Gasteiger charge is -2.13. The summed E-state index contributed by atoms with van der Waals surface area (Å²) in [5.74, 6) is 2.57. The van der Waals surface area contributed by atoms with E-state index in [1.54, 1.807) is 0 Å². The number of benzene rings is 8. The van der Waals surface area contributed by atoms with E-state index in [9.17, 15) is 0 Å². The van der Waals surface area contributed by atoms with Gasteiger partial charge < -0.3 is 0 Å². The summed E-state index contributed by atoms with van der Waals surface area (Å²) in [6, 6.07) is 68.8. The van der Waals surface area contributed by atoms with E-state index in [4.69, 9.17) is 24.9 Å². The minimum absolute atomic E-state index is 0.617. The molecule has 0 fully saturated rings. The molecule has 0 aliphatic carbocycles. The van der Waals surface area contributed by atoms with E-state index in [0.717, 1.165) is 66.7 Å². The van der Waals surface area contributed by atoms with Crippen molar-refractivity contribution in [3.63, 3.8) is 0 Å². The fourth-order valence-corrected chi connectivity index (χ4v) is 7.35. The summed E-state index contributed by atoms with van der Waals surface area (Å²) >= 11 is 0. The minimum atomic E-state index is 0.617. The quantitative estimate of drug-likeness (QED) is 0.154. The molecule has 0 spiro atoms. The Balaban J connectivity index is 1.09. The summed E-state index contributed by atoms with van der Waals surface area (Å²) in [5.41, 5.74) is 9.64. The van der Waals surface area contributed by atoms with Crippen LogP contribution in [0.4, 0.5) is 0 Å². The number of nitrogens with zero attached hydrogens (tertiary/aromatic N) is 5. The highest BCUT2D eigenvalue weighted by Crippen LogP contribution is 2.37. The van der Waals surface area contributed by atoms with Gasteiger partial charge in [0.15, 0.2) is 23.3 Å². The average Bonchev–Trinajstić information content (AvgIpc) is 3.29. The van der Waals surface area contributed by atoms with Gasteiger partial charge in [-0.3, -0.25) is 0 Å². The molecule has 0 amide bonds. The summed E-state index contributed by atoms with van der Waals surface area (Å²) in [4.78, 5) is 25.3. The number of aromatic nitrogens is 5. The van der Waals surface area contributed by atoms with Crippen molar-refractivity contribution in [1.82, 2.24) is 24.9 Å². The van der Waals surface area contributed by atoms with Crippen LogP contribution in [-0.4, -0.2) is 24.9 Å². The predicted octanol–water partition coefficient (Wildman–Crippen LogP) is 12.6. The van der Waals surface area contributed by atoms with E-state index in [1.807, 2.05) is 78.9 Å². The van der Waals surface area contributed by atoms with Crippen molar-refractivity contribution in [3.05, 3.63) is 200 Å². The number of rotatable bonds is 7. The van der Waals surface area contributed by atoms with E-state index in [2.05, 4.69) is 121 Å². The van der Waals surface area contributed by atoms with Crippen LogP contribution >= 0.6 is 0 Å². The van der Waals surface area contributed by atoms with Gasteiger partial charge in [-0.2, -0.15) is 0 Å². The van der Waals surface area contributed by atoms with Gasteiger partial charge in [-0.1, -0.05) is 176 Å². The molecule has 5 heteroatoms. The van der Waals surface area contributed by atoms with Crippen LogP contribution in [0.15, 0.2) is 200 Å². The summed E-state index contributed by atoms with van der Waals surface area (Å²) in [7, 11) is 0. The SMILES string of the molecule is c1ccc(-c2cc(-c3cccc(-c4cccc(-c5nc(-c6ccccc6)nc(-c6ccccc6)n5)c4)c3)nc(-c3cc4ccccc4c4ccccc34)n2)cc1. The number of fused-ring (bicyclic) bond motifs is 3. The topological polar surface area (TPSA) is 64.5 Å². The molecule has 0 bridgehead atoms. The van der Waals surface area contributed by atoms with E-state index in [1.165, 1.54) is 10.8 Å². The van der Waals surface area contributed by atoms with Crippen molar-refractivity contribution in [3.8, 4) is 79.2 Å². The molecule has 10 aromatic rings. The van der Waals surface area contributed by atoms with Crippen LogP contribution in [0.25, 0.3) is 101 Å². The van der Waals surface area contributed by atoms with E-state index in [-0.39, 0.29) is 0 Å².